The maximum Gasteiger partial charge on any atom is 0.185 e. The number of hydrogen-bond donors (Lipinski definition) is 1. The van der Waals surface area contributed by atoms with Crippen molar-refractivity contribution in [3.8, 4) is 0 Å². The SMILES string of the molecule is CCN(CCCN(C)C)c1nc(C(C)C)c(CO)s1. The summed E-state index contributed by atoms with van der Waals surface area (Å²) in [7, 11) is 4.20. The van der Waals surface area contributed by atoms with Crippen molar-refractivity contribution in [2.45, 2.75) is 39.7 Å². The Morgan fingerprint density at radius 2 is 1.95 bits per heavy atom. The van der Waals surface area contributed by atoms with Gasteiger partial charge in [0.05, 0.1) is 17.2 Å². The fourth-order valence-electron chi connectivity index (χ4n) is 2.02. The van der Waals surface area contributed by atoms with Crippen molar-refractivity contribution < 1.29 is 5.11 Å². The van der Waals surface area contributed by atoms with Crippen molar-refractivity contribution in [3.63, 3.8) is 0 Å². The lowest BCUT2D eigenvalue weighted by Gasteiger charge is -2.20. The quantitative estimate of drug-likeness (QED) is 0.797. The predicted octanol–water partition coefficient (Wildman–Crippen LogP) is 2.54. The van der Waals surface area contributed by atoms with Gasteiger partial charge < -0.3 is 14.9 Å². The molecule has 1 N–H and O–H groups in total. The van der Waals surface area contributed by atoms with Crippen LogP contribution in [0, 0.1) is 0 Å². The summed E-state index contributed by atoms with van der Waals surface area (Å²) in [6.45, 7) is 9.57. The van der Waals surface area contributed by atoms with Gasteiger partial charge in [-0.1, -0.05) is 25.2 Å². The molecule has 5 heteroatoms. The van der Waals surface area contributed by atoms with E-state index in [4.69, 9.17) is 4.98 Å². The Kier molecular flexibility index (Phi) is 6.75. The third-order valence-electron chi connectivity index (χ3n) is 3.09. The zero-order valence-corrected chi connectivity index (χ0v) is 13.6. The topological polar surface area (TPSA) is 39.6 Å². The smallest absolute Gasteiger partial charge is 0.185 e. The molecular weight excluding hydrogens is 258 g/mol. The lowest BCUT2D eigenvalue weighted by molar-refractivity contribution is 0.283. The van der Waals surface area contributed by atoms with Gasteiger partial charge in [0.1, 0.15) is 0 Å². The second kappa shape index (κ2) is 7.82. The molecule has 0 aliphatic rings. The highest BCUT2D eigenvalue weighted by Gasteiger charge is 2.16. The van der Waals surface area contributed by atoms with Crippen molar-refractivity contribution >= 4 is 16.5 Å². The number of nitrogens with zero attached hydrogens (tertiary/aromatic N) is 3. The molecule has 0 fully saturated rings. The molecule has 1 aromatic heterocycles. The third-order valence-corrected chi connectivity index (χ3v) is 4.21. The molecule has 0 saturated heterocycles. The van der Waals surface area contributed by atoms with Crippen molar-refractivity contribution in [1.29, 1.82) is 0 Å². The molecule has 0 bridgehead atoms. The molecule has 0 amide bonds. The summed E-state index contributed by atoms with van der Waals surface area (Å²) in [4.78, 5) is 10.2. The molecule has 0 spiro atoms. The van der Waals surface area contributed by atoms with Gasteiger partial charge in [-0.2, -0.15) is 0 Å². The average molecular weight is 285 g/mol. The molecule has 0 saturated carbocycles. The van der Waals surface area contributed by atoms with Crippen LogP contribution in [0.25, 0.3) is 0 Å². The van der Waals surface area contributed by atoms with E-state index in [0.29, 0.717) is 5.92 Å². The van der Waals surface area contributed by atoms with Crippen LogP contribution in [0.1, 0.15) is 43.7 Å². The van der Waals surface area contributed by atoms with Gasteiger partial charge in [-0.25, -0.2) is 4.98 Å². The van der Waals surface area contributed by atoms with Crippen LogP contribution in [0.5, 0.6) is 0 Å². The standard InChI is InChI=1S/C14H27N3OS/c1-6-17(9-7-8-16(4)5)14-15-13(11(2)3)12(10-18)19-14/h11,18H,6-10H2,1-5H3. The number of anilines is 1. The number of aromatic nitrogens is 1. The highest BCUT2D eigenvalue weighted by atomic mass is 32.1. The summed E-state index contributed by atoms with van der Waals surface area (Å²) in [5.41, 5.74) is 1.05. The first-order valence-corrected chi connectivity index (χ1v) is 7.81. The molecule has 4 nitrogen and oxygen atoms in total. The van der Waals surface area contributed by atoms with E-state index < -0.39 is 0 Å². The number of aliphatic hydroxyl groups is 1. The summed E-state index contributed by atoms with van der Waals surface area (Å²) in [5, 5.41) is 10.5. The molecule has 0 unspecified atom stereocenters. The summed E-state index contributed by atoms with van der Waals surface area (Å²) in [6, 6.07) is 0. The van der Waals surface area contributed by atoms with Crippen LogP contribution in [0.4, 0.5) is 5.13 Å². The van der Waals surface area contributed by atoms with E-state index in [0.717, 1.165) is 41.8 Å². The van der Waals surface area contributed by atoms with E-state index in [1.54, 1.807) is 11.3 Å². The number of aliphatic hydroxyl groups excluding tert-OH is 1. The van der Waals surface area contributed by atoms with Gasteiger partial charge in [0.15, 0.2) is 5.13 Å². The number of rotatable bonds is 8. The second-order valence-electron chi connectivity index (χ2n) is 5.35. The molecule has 0 aliphatic carbocycles. The Balaban J connectivity index is 2.75. The minimum absolute atomic E-state index is 0.0977. The molecule has 110 valence electrons. The number of hydrogen-bond acceptors (Lipinski definition) is 5. The summed E-state index contributed by atoms with van der Waals surface area (Å²) < 4.78 is 0. The molecular formula is C14H27N3OS. The Hall–Kier alpha value is -0.650. The normalized spacial score (nSPS) is 11.6. The van der Waals surface area contributed by atoms with Crippen LogP contribution in [-0.4, -0.2) is 48.7 Å². The van der Waals surface area contributed by atoms with E-state index in [1.165, 1.54) is 0 Å². The Morgan fingerprint density at radius 1 is 1.26 bits per heavy atom. The van der Waals surface area contributed by atoms with Gasteiger partial charge in [0.25, 0.3) is 0 Å². The van der Waals surface area contributed by atoms with E-state index in [1.807, 2.05) is 0 Å². The van der Waals surface area contributed by atoms with Gasteiger partial charge in [-0.3, -0.25) is 0 Å². The molecule has 0 aromatic carbocycles. The zero-order chi connectivity index (χ0) is 14.4. The van der Waals surface area contributed by atoms with Gasteiger partial charge in [-0.15, -0.1) is 0 Å². The van der Waals surface area contributed by atoms with Gasteiger partial charge in [0.2, 0.25) is 0 Å². The van der Waals surface area contributed by atoms with Crippen molar-refractivity contribution in [1.82, 2.24) is 9.88 Å². The molecule has 0 aliphatic heterocycles. The van der Waals surface area contributed by atoms with E-state index in [2.05, 4.69) is 44.7 Å². The maximum atomic E-state index is 9.43. The van der Waals surface area contributed by atoms with Gasteiger partial charge in [-0.05, 0) is 39.9 Å². The predicted molar refractivity (Wildman–Crippen MR) is 83.2 cm³/mol. The van der Waals surface area contributed by atoms with Gasteiger partial charge >= 0.3 is 0 Å². The first-order valence-electron chi connectivity index (χ1n) is 6.99. The van der Waals surface area contributed by atoms with Crippen molar-refractivity contribution in [2.75, 3.05) is 38.6 Å². The molecule has 1 rings (SSSR count). The maximum absolute atomic E-state index is 9.43. The highest BCUT2D eigenvalue weighted by molar-refractivity contribution is 7.15. The van der Waals surface area contributed by atoms with Crippen molar-refractivity contribution in [2.24, 2.45) is 0 Å². The lowest BCUT2D eigenvalue weighted by atomic mass is 10.1. The van der Waals surface area contributed by atoms with Crippen LogP contribution in [-0.2, 0) is 6.61 Å². The van der Waals surface area contributed by atoms with Crippen LogP contribution in [0.3, 0.4) is 0 Å². The third kappa shape index (κ3) is 4.75. The zero-order valence-electron chi connectivity index (χ0n) is 12.8. The number of thiazole rings is 1. The summed E-state index contributed by atoms with van der Waals surface area (Å²) in [6.07, 6.45) is 1.13. The monoisotopic (exact) mass is 285 g/mol. The average Bonchev–Trinajstić information content (AvgIpc) is 2.78. The van der Waals surface area contributed by atoms with E-state index in [-0.39, 0.29) is 6.61 Å². The first-order chi connectivity index (χ1) is 8.99. The minimum atomic E-state index is 0.0977. The summed E-state index contributed by atoms with van der Waals surface area (Å²) >= 11 is 1.63. The molecule has 0 radical (unpaired) electrons. The second-order valence-corrected chi connectivity index (χ2v) is 6.42. The van der Waals surface area contributed by atoms with Crippen molar-refractivity contribution in [3.05, 3.63) is 10.6 Å². The van der Waals surface area contributed by atoms with E-state index >= 15 is 0 Å². The Bertz CT molecular complexity index is 377. The van der Waals surface area contributed by atoms with Crippen LogP contribution in [0.2, 0.25) is 0 Å². The molecule has 0 atom stereocenters. The Labute approximate surface area is 121 Å². The largest absolute Gasteiger partial charge is 0.391 e. The van der Waals surface area contributed by atoms with Crippen LogP contribution < -0.4 is 4.90 Å². The molecule has 19 heavy (non-hydrogen) atoms. The van der Waals surface area contributed by atoms with Crippen LogP contribution >= 0.6 is 11.3 Å². The molecule has 1 aromatic rings. The van der Waals surface area contributed by atoms with Crippen LogP contribution in [0.15, 0.2) is 0 Å². The van der Waals surface area contributed by atoms with E-state index in [9.17, 15) is 5.11 Å². The van der Waals surface area contributed by atoms with Gasteiger partial charge in [0, 0.05) is 13.1 Å². The summed E-state index contributed by atoms with van der Waals surface area (Å²) in [5.74, 6) is 0.368. The fourth-order valence-corrected chi connectivity index (χ4v) is 3.18. The highest BCUT2D eigenvalue weighted by Crippen LogP contribution is 2.30. The molecule has 1 heterocycles. The first kappa shape index (κ1) is 16.4. The Morgan fingerprint density at radius 3 is 2.37 bits per heavy atom. The minimum Gasteiger partial charge on any atom is -0.391 e. The fraction of sp³-hybridized carbons (Fsp3) is 0.786. The lowest BCUT2D eigenvalue weighted by Crippen LogP contribution is -2.26.